The van der Waals surface area contributed by atoms with Gasteiger partial charge in [-0.2, -0.15) is 0 Å². The Kier molecular flexibility index (Phi) is 4.07. The fourth-order valence-corrected chi connectivity index (χ4v) is 3.37. The van der Waals surface area contributed by atoms with E-state index in [0.29, 0.717) is 12.1 Å². The maximum atomic E-state index is 12.0. The standard InChI is InChI=1S/C20H21N5O2/c1-11(2)18-23-16-9-12(19(26)21-3)4-7-17(16)25(18)14-5-6-15-13(8-14)10-22-20(27)24-15/h4-9,11H,10H2,1-3H3,(H,21,26)(H2,22,24,27). The lowest BCUT2D eigenvalue weighted by atomic mass is 10.1. The van der Waals surface area contributed by atoms with E-state index in [1.807, 2.05) is 30.3 Å². The van der Waals surface area contributed by atoms with Gasteiger partial charge in [0.25, 0.3) is 5.91 Å². The van der Waals surface area contributed by atoms with Crippen LogP contribution in [0.5, 0.6) is 0 Å². The number of carbonyl (C=O) groups is 2. The molecule has 7 heteroatoms. The predicted octanol–water partition coefficient (Wildman–Crippen LogP) is 3.14. The van der Waals surface area contributed by atoms with Crippen molar-refractivity contribution in [3.8, 4) is 5.69 Å². The third-order valence-corrected chi connectivity index (χ3v) is 4.72. The van der Waals surface area contributed by atoms with Gasteiger partial charge in [-0.3, -0.25) is 9.36 Å². The van der Waals surface area contributed by atoms with Gasteiger partial charge in [0.05, 0.1) is 11.0 Å². The van der Waals surface area contributed by atoms with E-state index in [4.69, 9.17) is 4.98 Å². The van der Waals surface area contributed by atoms with Gasteiger partial charge in [-0.05, 0) is 42.0 Å². The summed E-state index contributed by atoms with van der Waals surface area (Å²) in [7, 11) is 1.62. The number of urea groups is 1. The lowest BCUT2D eigenvalue weighted by molar-refractivity contribution is 0.0963. The molecule has 1 aromatic heterocycles. The molecule has 0 aliphatic carbocycles. The van der Waals surface area contributed by atoms with Crippen LogP contribution in [-0.2, 0) is 6.54 Å². The molecule has 0 unspecified atom stereocenters. The summed E-state index contributed by atoms with van der Waals surface area (Å²) >= 11 is 0. The minimum atomic E-state index is -0.187. The lowest BCUT2D eigenvalue weighted by Crippen LogP contribution is -2.33. The van der Waals surface area contributed by atoms with Gasteiger partial charge in [0.15, 0.2) is 0 Å². The van der Waals surface area contributed by atoms with E-state index in [1.165, 1.54) is 0 Å². The fraction of sp³-hybridized carbons (Fsp3) is 0.250. The first kappa shape index (κ1) is 17.1. The monoisotopic (exact) mass is 363 g/mol. The van der Waals surface area contributed by atoms with Gasteiger partial charge >= 0.3 is 6.03 Å². The largest absolute Gasteiger partial charge is 0.355 e. The molecule has 0 saturated carbocycles. The summed E-state index contributed by atoms with van der Waals surface area (Å²) in [5.41, 5.74) is 5.13. The smallest absolute Gasteiger partial charge is 0.319 e. The normalized spacial score (nSPS) is 13.3. The minimum absolute atomic E-state index is 0.131. The summed E-state index contributed by atoms with van der Waals surface area (Å²) in [4.78, 5) is 28.2. The van der Waals surface area contributed by atoms with Crippen molar-refractivity contribution in [2.24, 2.45) is 0 Å². The number of rotatable bonds is 3. The summed E-state index contributed by atoms with van der Waals surface area (Å²) < 4.78 is 2.12. The third-order valence-electron chi connectivity index (χ3n) is 4.72. The van der Waals surface area contributed by atoms with Crippen LogP contribution in [0, 0.1) is 0 Å². The average Bonchev–Trinajstić information content (AvgIpc) is 3.06. The molecule has 27 heavy (non-hydrogen) atoms. The maximum Gasteiger partial charge on any atom is 0.319 e. The average molecular weight is 363 g/mol. The zero-order valence-electron chi connectivity index (χ0n) is 15.5. The van der Waals surface area contributed by atoms with Crippen molar-refractivity contribution < 1.29 is 9.59 Å². The number of anilines is 1. The van der Waals surface area contributed by atoms with Crippen LogP contribution in [0.3, 0.4) is 0 Å². The van der Waals surface area contributed by atoms with E-state index < -0.39 is 0 Å². The van der Waals surface area contributed by atoms with Gasteiger partial charge in [0.2, 0.25) is 0 Å². The second-order valence-corrected chi connectivity index (χ2v) is 6.89. The van der Waals surface area contributed by atoms with Crippen LogP contribution in [0.25, 0.3) is 16.7 Å². The van der Waals surface area contributed by atoms with E-state index in [0.717, 1.165) is 33.8 Å². The van der Waals surface area contributed by atoms with Gasteiger partial charge in [-0.15, -0.1) is 0 Å². The number of hydrogen-bond donors (Lipinski definition) is 3. The number of benzene rings is 2. The molecule has 0 atom stereocenters. The zero-order chi connectivity index (χ0) is 19.1. The number of fused-ring (bicyclic) bond motifs is 2. The van der Waals surface area contributed by atoms with Crippen molar-refractivity contribution in [1.29, 1.82) is 0 Å². The van der Waals surface area contributed by atoms with Crippen LogP contribution >= 0.6 is 0 Å². The highest BCUT2D eigenvalue weighted by molar-refractivity contribution is 5.97. The van der Waals surface area contributed by atoms with Gasteiger partial charge in [0.1, 0.15) is 5.82 Å². The van der Waals surface area contributed by atoms with Crippen molar-refractivity contribution >= 4 is 28.7 Å². The Balaban J connectivity index is 1.88. The van der Waals surface area contributed by atoms with Crippen molar-refractivity contribution in [3.05, 3.63) is 53.3 Å². The van der Waals surface area contributed by atoms with Crippen molar-refractivity contribution in [2.45, 2.75) is 26.3 Å². The number of nitrogens with zero attached hydrogens (tertiary/aromatic N) is 2. The molecule has 3 amide bonds. The Morgan fingerprint density at radius 1 is 1.22 bits per heavy atom. The van der Waals surface area contributed by atoms with Gasteiger partial charge in [0, 0.05) is 36.4 Å². The van der Waals surface area contributed by atoms with Crippen LogP contribution in [0.15, 0.2) is 36.4 Å². The van der Waals surface area contributed by atoms with E-state index in [1.54, 1.807) is 7.05 Å². The topological polar surface area (TPSA) is 88.1 Å². The summed E-state index contributed by atoms with van der Waals surface area (Å²) in [6.07, 6.45) is 0. The second-order valence-electron chi connectivity index (χ2n) is 6.89. The first-order chi connectivity index (χ1) is 13.0. The Hall–Kier alpha value is -3.35. The van der Waals surface area contributed by atoms with Crippen molar-refractivity contribution in [1.82, 2.24) is 20.2 Å². The van der Waals surface area contributed by atoms with Crippen molar-refractivity contribution in [3.63, 3.8) is 0 Å². The zero-order valence-corrected chi connectivity index (χ0v) is 15.5. The third kappa shape index (κ3) is 2.91. The van der Waals surface area contributed by atoms with Gasteiger partial charge in [-0.25, -0.2) is 9.78 Å². The molecule has 0 bridgehead atoms. The fourth-order valence-electron chi connectivity index (χ4n) is 3.37. The molecular formula is C20H21N5O2. The molecular weight excluding hydrogens is 342 g/mol. The molecule has 3 aromatic rings. The summed E-state index contributed by atoms with van der Waals surface area (Å²) in [6, 6.07) is 11.3. The first-order valence-electron chi connectivity index (χ1n) is 8.90. The number of imidazole rings is 1. The van der Waals surface area contributed by atoms with Crippen molar-refractivity contribution in [2.75, 3.05) is 12.4 Å². The molecule has 0 fully saturated rings. The Bertz CT molecular complexity index is 1070. The predicted molar refractivity (Wildman–Crippen MR) is 104 cm³/mol. The Morgan fingerprint density at radius 3 is 2.78 bits per heavy atom. The number of carbonyl (C=O) groups excluding carboxylic acids is 2. The highest BCUT2D eigenvalue weighted by Gasteiger charge is 2.19. The van der Waals surface area contributed by atoms with Crippen LogP contribution in [0.1, 0.15) is 41.5 Å². The summed E-state index contributed by atoms with van der Waals surface area (Å²) in [5, 5.41) is 8.25. The molecule has 2 heterocycles. The van der Waals surface area contributed by atoms with Crippen LogP contribution in [0.4, 0.5) is 10.5 Å². The quantitative estimate of drug-likeness (QED) is 0.668. The number of amides is 3. The maximum absolute atomic E-state index is 12.0. The molecule has 1 aliphatic heterocycles. The van der Waals surface area contributed by atoms with Gasteiger partial charge < -0.3 is 16.0 Å². The van der Waals surface area contributed by atoms with Crippen LogP contribution < -0.4 is 16.0 Å². The van der Waals surface area contributed by atoms with E-state index in [9.17, 15) is 9.59 Å². The number of hydrogen-bond acceptors (Lipinski definition) is 3. The minimum Gasteiger partial charge on any atom is -0.355 e. The first-order valence-corrected chi connectivity index (χ1v) is 8.90. The number of aromatic nitrogens is 2. The summed E-state index contributed by atoms with van der Waals surface area (Å²) in [5.74, 6) is 0.995. The highest BCUT2D eigenvalue weighted by Crippen LogP contribution is 2.29. The van der Waals surface area contributed by atoms with Crippen LogP contribution in [-0.4, -0.2) is 28.5 Å². The van der Waals surface area contributed by atoms with E-state index >= 15 is 0 Å². The lowest BCUT2D eigenvalue weighted by Gasteiger charge is -2.20. The molecule has 0 spiro atoms. The second kappa shape index (κ2) is 6.42. The molecule has 138 valence electrons. The molecule has 3 N–H and O–H groups in total. The van der Waals surface area contributed by atoms with E-state index in [-0.39, 0.29) is 17.9 Å². The molecule has 4 rings (SSSR count). The molecule has 7 nitrogen and oxygen atoms in total. The SMILES string of the molecule is CNC(=O)c1ccc2c(c1)nc(C(C)C)n2-c1ccc2c(c1)CNC(=O)N2. The molecule has 2 aromatic carbocycles. The molecule has 1 aliphatic rings. The van der Waals surface area contributed by atoms with E-state index in [2.05, 4.69) is 40.4 Å². The highest BCUT2D eigenvalue weighted by atomic mass is 16.2. The van der Waals surface area contributed by atoms with Crippen LogP contribution in [0.2, 0.25) is 0 Å². The Morgan fingerprint density at radius 2 is 2.04 bits per heavy atom. The summed E-state index contributed by atoms with van der Waals surface area (Å²) in [6.45, 7) is 4.68. The van der Waals surface area contributed by atoms with Gasteiger partial charge in [-0.1, -0.05) is 13.8 Å². The number of nitrogens with one attached hydrogen (secondary N) is 3. The Labute approximate surface area is 156 Å². The molecule has 0 saturated heterocycles. The molecule has 0 radical (unpaired) electrons.